The zero-order valence-electron chi connectivity index (χ0n) is 18.4. The highest BCUT2D eigenvalue weighted by molar-refractivity contribution is 7.87. The third kappa shape index (κ3) is 8.94. The van der Waals surface area contributed by atoms with Crippen molar-refractivity contribution < 1.29 is 67.4 Å². The summed E-state index contributed by atoms with van der Waals surface area (Å²) < 4.78 is 142. The van der Waals surface area contributed by atoms with E-state index in [1.165, 1.54) is 6.92 Å². The Bertz CT molecular complexity index is 771. The summed E-state index contributed by atoms with van der Waals surface area (Å²) in [5.74, 6) is -11.2. The molecule has 0 aliphatic carbocycles. The van der Waals surface area contributed by atoms with Gasteiger partial charge in [0.25, 0.3) is 0 Å². The molecule has 0 aliphatic heterocycles. The van der Waals surface area contributed by atoms with Crippen molar-refractivity contribution in [1.29, 1.82) is 0 Å². The molecule has 0 spiro atoms. The fraction of sp³-hybridized carbons (Fsp3) is 0.833. The molecular weight excluding hydrogens is 509 g/mol. The summed E-state index contributed by atoms with van der Waals surface area (Å²) >= 11 is 0. The number of ether oxygens (including phenoxy) is 4. The Balaban J connectivity index is 5.36. The lowest BCUT2D eigenvalue weighted by molar-refractivity contribution is -0.381. The lowest BCUT2D eigenvalue weighted by Crippen LogP contribution is -2.57. The van der Waals surface area contributed by atoms with Gasteiger partial charge in [0.15, 0.2) is 6.79 Å². The number of alkyl halides is 7. The molecule has 0 aromatic heterocycles. The van der Waals surface area contributed by atoms with Gasteiger partial charge in [-0.2, -0.15) is 39.2 Å². The Hall–Kier alpha value is -1.49. The van der Waals surface area contributed by atoms with Crippen molar-refractivity contribution in [3.8, 4) is 0 Å². The Morgan fingerprint density at radius 3 is 2.03 bits per heavy atom. The van der Waals surface area contributed by atoms with Gasteiger partial charge in [0, 0.05) is 6.42 Å². The van der Waals surface area contributed by atoms with Crippen LogP contribution >= 0.6 is 0 Å². The van der Waals surface area contributed by atoms with E-state index in [2.05, 4.69) is 20.8 Å². The summed E-state index contributed by atoms with van der Waals surface area (Å²) in [6.07, 6.45) is -8.40. The molecule has 0 saturated heterocycles. The van der Waals surface area contributed by atoms with E-state index >= 15 is 0 Å². The second-order valence-corrected chi connectivity index (χ2v) is 8.64. The highest BCUT2D eigenvalue weighted by Gasteiger charge is 2.66. The summed E-state index contributed by atoms with van der Waals surface area (Å²) in [7, 11) is -6.45. The molecule has 0 fully saturated rings. The first-order valence-electron chi connectivity index (χ1n) is 9.82. The second kappa shape index (κ2) is 13.0. The van der Waals surface area contributed by atoms with Gasteiger partial charge >= 0.3 is 39.2 Å². The summed E-state index contributed by atoms with van der Waals surface area (Å²) in [4.78, 5) is 12.2. The van der Waals surface area contributed by atoms with Crippen LogP contribution in [-0.4, -0.2) is 68.7 Å². The van der Waals surface area contributed by atoms with E-state index in [0.717, 1.165) is 0 Å². The minimum absolute atomic E-state index is 0.211. The fourth-order valence-corrected chi connectivity index (χ4v) is 2.66. The van der Waals surface area contributed by atoms with E-state index in [1.807, 2.05) is 0 Å². The summed E-state index contributed by atoms with van der Waals surface area (Å²) in [5, 5.41) is -5.82. The van der Waals surface area contributed by atoms with E-state index in [1.54, 1.807) is 6.92 Å². The monoisotopic (exact) mass is 536 g/mol. The predicted molar refractivity (Wildman–Crippen MR) is 103 cm³/mol. The van der Waals surface area contributed by atoms with E-state index in [4.69, 9.17) is 9.29 Å². The van der Waals surface area contributed by atoms with E-state index in [0.29, 0.717) is 12.0 Å². The van der Waals surface area contributed by atoms with E-state index < -0.39 is 78.5 Å². The Morgan fingerprint density at radius 2 is 1.56 bits per heavy atom. The first-order chi connectivity index (χ1) is 15.4. The Kier molecular flexibility index (Phi) is 12.4. The van der Waals surface area contributed by atoms with Gasteiger partial charge in [0.05, 0.1) is 19.8 Å². The summed E-state index contributed by atoms with van der Waals surface area (Å²) in [6, 6.07) is 0. The zero-order chi connectivity index (χ0) is 26.8. The van der Waals surface area contributed by atoms with Gasteiger partial charge in [-0.3, -0.25) is 4.55 Å². The molecule has 0 bridgehead atoms. The zero-order valence-corrected chi connectivity index (χ0v) is 19.2. The first kappa shape index (κ1) is 32.5. The van der Waals surface area contributed by atoms with Gasteiger partial charge < -0.3 is 18.9 Å². The quantitative estimate of drug-likeness (QED) is 0.0725. The van der Waals surface area contributed by atoms with Crippen LogP contribution in [0, 0.1) is 0 Å². The molecule has 1 atom stereocenters. The SMILES string of the molecule is C=C(C)COCOC(OCCCCC(F)(F)C(F)(F)S(=O)(=O)O)(C(=O)OCCCC)C(F)(F)F. The molecule has 1 N–H and O–H groups in total. The largest absolute Gasteiger partial charge is 0.461 e. The number of hydrogen-bond donors (Lipinski definition) is 1. The third-order valence-electron chi connectivity index (χ3n) is 4.01. The van der Waals surface area contributed by atoms with Gasteiger partial charge in [0.2, 0.25) is 0 Å². The number of carbonyl (C=O) groups is 1. The van der Waals surface area contributed by atoms with Crippen molar-refractivity contribution in [3.63, 3.8) is 0 Å². The van der Waals surface area contributed by atoms with Gasteiger partial charge in [-0.05, 0) is 26.2 Å². The maximum atomic E-state index is 13.8. The highest BCUT2D eigenvalue weighted by Crippen LogP contribution is 2.42. The number of esters is 1. The maximum absolute atomic E-state index is 13.8. The van der Waals surface area contributed by atoms with E-state index in [-0.39, 0.29) is 13.0 Å². The number of hydrogen-bond acceptors (Lipinski definition) is 7. The molecule has 0 radical (unpaired) electrons. The van der Waals surface area contributed by atoms with Crippen LogP contribution in [0.4, 0.5) is 30.7 Å². The topological polar surface area (TPSA) is 108 Å². The molecule has 202 valence electrons. The molecular formula is C18H27F7O8S. The third-order valence-corrected chi connectivity index (χ3v) is 4.95. The van der Waals surface area contributed by atoms with Crippen LogP contribution in [-0.2, 0) is 33.9 Å². The number of carbonyl (C=O) groups excluding carboxylic acids is 1. The van der Waals surface area contributed by atoms with Crippen molar-refractivity contribution in [3.05, 3.63) is 12.2 Å². The number of halogens is 7. The Morgan fingerprint density at radius 1 is 0.971 bits per heavy atom. The molecule has 34 heavy (non-hydrogen) atoms. The van der Waals surface area contributed by atoms with Crippen LogP contribution in [0.3, 0.4) is 0 Å². The lowest BCUT2D eigenvalue weighted by Gasteiger charge is -2.32. The normalized spacial score (nSPS) is 15.1. The lowest BCUT2D eigenvalue weighted by atomic mass is 10.1. The van der Waals surface area contributed by atoms with Crippen LogP contribution < -0.4 is 0 Å². The van der Waals surface area contributed by atoms with Crippen LogP contribution in [0.25, 0.3) is 0 Å². The molecule has 0 saturated carbocycles. The molecule has 0 heterocycles. The maximum Gasteiger partial charge on any atom is 0.455 e. The van der Waals surface area contributed by atoms with E-state index in [9.17, 15) is 43.9 Å². The van der Waals surface area contributed by atoms with Crippen molar-refractivity contribution in [2.24, 2.45) is 0 Å². The molecule has 16 heteroatoms. The van der Waals surface area contributed by atoms with Crippen molar-refractivity contribution in [2.45, 2.75) is 69.1 Å². The molecule has 0 aromatic rings. The molecule has 8 nitrogen and oxygen atoms in total. The molecule has 0 rings (SSSR count). The average Bonchev–Trinajstić information content (AvgIpc) is 2.67. The predicted octanol–water partition coefficient (Wildman–Crippen LogP) is 4.46. The molecule has 1 unspecified atom stereocenters. The van der Waals surface area contributed by atoms with Crippen LogP contribution in [0.2, 0.25) is 0 Å². The molecule has 0 aromatic carbocycles. The van der Waals surface area contributed by atoms with Crippen LogP contribution in [0.5, 0.6) is 0 Å². The molecule has 0 amide bonds. The van der Waals surface area contributed by atoms with Crippen molar-refractivity contribution >= 4 is 16.1 Å². The van der Waals surface area contributed by atoms with Gasteiger partial charge in [-0.25, -0.2) is 4.79 Å². The number of rotatable bonds is 17. The average molecular weight is 536 g/mol. The van der Waals surface area contributed by atoms with Gasteiger partial charge in [-0.1, -0.05) is 25.5 Å². The minimum atomic E-state index is -6.45. The minimum Gasteiger partial charge on any atom is -0.461 e. The van der Waals surface area contributed by atoms with Gasteiger partial charge in [-0.15, -0.1) is 0 Å². The van der Waals surface area contributed by atoms with Crippen LogP contribution in [0.1, 0.15) is 46.0 Å². The van der Waals surface area contributed by atoms with Crippen molar-refractivity contribution in [1.82, 2.24) is 0 Å². The van der Waals surface area contributed by atoms with Crippen LogP contribution in [0.15, 0.2) is 12.2 Å². The summed E-state index contributed by atoms with van der Waals surface area (Å²) in [6.45, 7) is 3.77. The van der Waals surface area contributed by atoms with Gasteiger partial charge in [0.1, 0.15) is 0 Å². The molecule has 0 aliphatic rings. The Labute approximate surface area is 192 Å². The smallest absolute Gasteiger partial charge is 0.455 e. The standard InChI is InChI=1S/C18H27F7O8S/c1-4-5-9-31-14(26)16(17(21,22)23,33-12-30-11-13(2)3)32-10-7-6-8-15(19,20)18(24,25)34(27,28)29/h2,4-12H2,1,3H3,(H,27,28,29). The fourth-order valence-electron chi connectivity index (χ4n) is 2.18. The highest BCUT2D eigenvalue weighted by atomic mass is 32.2. The second-order valence-electron chi connectivity index (χ2n) is 7.17. The van der Waals surface area contributed by atoms with Crippen molar-refractivity contribution in [2.75, 3.05) is 26.6 Å². The number of unbranched alkanes of at least 4 members (excludes halogenated alkanes) is 2. The first-order valence-corrected chi connectivity index (χ1v) is 11.3. The summed E-state index contributed by atoms with van der Waals surface area (Å²) in [5.41, 5.74) is 0.412.